The molecule has 122 valence electrons. The lowest BCUT2D eigenvalue weighted by Gasteiger charge is -2.15. The van der Waals surface area contributed by atoms with Gasteiger partial charge < -0.3 is 9.84 Å². The van der Waals surface area contributed by atoms with E-state index in [0.29, 0.717) is 6.42 Å². The lowest BCUT2D eigenvalue weighted by molar-refractivity contribution is -0.144. The Morgan fingerprint density at radius 2 is 1.57 bits per heavy atom. The summed E-state index contributed by atoms with van der Waals surface area (Å²) in [6.07, 6.45) is 11.3. The van der Waals surface area contributed by atoms with Gasteiger partial charge >= 0.3 is 11.9 Å². The van der Waals surface area contributed by atoms with E-state index in [1.54, 1.807) is 6.92 Å². The Morgan fingerprint density at radius 3 is 2.10 bits per heavy atom. The summed E-state index contributed by atoms with van der Waals surface area (Å²) in [5, 5.41) is 9.18. The molecule has 4 heteroatoms. The van der Waals surface area contributed by atoms with Crippen molar-refractivity contribution in [1.82, 2.24) is 0 Å². The number of rotatable bonds is 11. The lowest BCUT2D eigenvalue weighted by Crippen LogP contribution is -2.27. The standard InChI is InChI=1S/C17H30O4/c1-3-4-5-6-7-8-9-10-11-12-14-15(16(18)19)13(2)17(20)21-14/h13-15H,3-12H2,1-2H3,(H,18,19)/t13-,14+,15+/m0/s1. The highest BCUT2D eigenvalue weighted by atomic mass is 16.6. The summed E-state index contributed by atoms with van der Waals surface area (Å²) in [5.41, 5.74) is 0. The van der Waals surface area contributed by atoms with Gasteiger partial charge in [-0.05, 0) is 12.8 Å². The molecule has 0 saturated carbocycles. The topological polar surface area (TPSA) is 63.6 Å². The first-order valence-corrected chi connectivity index (χ1v) is 8.51. The van der Waals surface area contributed by atoms with Crippen molar-refractivity contribution < 1.29 is 19.4 Å². The Morgan fingerprint density at radius 1 is 1.05 bits per heavy atom. The van der Waals surface area contributed by atoms with Crippen molar-refractivity contribution >= 4 is 11.9 Å². The van der Waals surface area contributed by atoms with Crippen LogP contribution >= 0.6 is 0 Å². The second-order valence-corrected chi connectivity index (χ2v) is 6.25. The minimum Gasteiger partial charge on any atom is -0.481 e. The van der Waals surface area contributed by atoms with E-state index < -0.39 is 23.9 Å². The zero-order chi connectivity index (χ0) is 15.7. The van der Waals surface area contributed by atoms with Gasteiger partial charge in [-0.1, -0.05) is 65.2 Å². The Balaban J connectivity index is 2.09. The second kappa shape index (κ2) is 9.80. The molecule has 1 fully saturated rings. The highest BCUT2D eigenvalue weighted by molar-refractivity contribution is 5.84. The van der Waals surface area contributed by atoms with Gasteiger partial charge in [-0.25, -0.2) is 0 Å². The van der Waals surface area contributed by atoms with Gasteiger partial charge in [0.15, 0.2) is 0 Å². The van der Waals surface area contributed by atoms with Crippen LogP contribution in [0.3, 0.4) is 0 Å². The molecule has 1 rings (SSSR count). The number of carbonyl (C=O) groups excluding carboxylic acids is 1. The number of cyclic esters (lactones) is 1. The third-order valence-electron chi connectivity index (χ3n) is 4.46. The SMILES string of the molecule is CCCCCCCCCCC[C@H]1OC(=O)[C@@H](C)[C@H]1C(=O)O. The fourth-order valence-corrected chi connectivity index (χ4v) is 3.07. The van der Waals surface area contributed by atoms with E-state index in [-0.39, 0.29) is 5.97 Å². The molecule has 0 spiro atoms. The van der Waals surface area contributed by atoms with Crippen molar-refractivity contribution in [2.45, 2.75) is 84.2 Å². The van der Waals surface area contributed by atoms with Crippen molar-refractivity contribution in [1.29, 1.82) is 0 Å². The molecule has 0 amide bonds. The number of hydrogen-bond acceptors (Lipinski definition) is 3. The minimum absolute atomic E-state index is 0.358. The molecule has 1 heterocycles. The van der Waals surface area contributed by atoms with Crippen LogP contribution in [0.25, 0.3) is 0 Å². The Kier molecular flexibility index (Phi) is 8.40. The molecule has 0 unspecified atom stereocenters. The van der Waals surface area contributed by atoms with E-state index in [2.05, 4.69) is 6.92 Å². The minimum atomic E-state index is -0.908. The van der Waals surface area contributed by atoms with Crippen molar-refractivity contribution in [2.75, 3.05) is 0 Å². The van der Waals surface area contributed by atoms with Crippen molar-refractivity contribution in [2.24, 2.45) is 11.8 Å². The number of aliphatic carboxylic acids is 1. The van der Waals surface area contributed by atoms with E-state index in [0.717, 1.165) is 12.8 Å². The van der Waals surface area contributed by atoms with Crippen LogP contribution in [0.15, 0.2) is 0 Å². The molecule has 0 aromatic rings. The van der Waals surface area contributed by atoms with Gasteiger partial charge in [-0.3, -0.25) is 9.59 Å². The molecular weight excluding hydrogens is 268 g/mol. The maximum Gasteiger partial charge on any atom is 0.311 e. The average molecular weight is 298 g/mol. The van der Waals surface area contributed by atoms with Crippen LogP contribution in [0.1, 0.15) is 78.1 Å². The quantitative estimate of drug-likeness (QED) is 0.459. The summed E-state index contributed by atoms with van der Waals surface area (Å²) >= 11 is 0. The average Bonchev–Trinajstić information content (AvgIpc) is 2.72. The first-order valence-electron chi connectivity index (χ1n) is 8.51. The zero-order valence-corrected chi connectivity index (χ0v) is 13.5. The number of carboxylic acids is 1. The summed E-state index contributed by atoms with van der Waals surface area (Å²) in [4.78, 5) is 22.7. The summed E-state index contributed by atoms with van der Waals surface area (Å²) in [6.45, 7) is 3.87. The van der Waals surface area contributed by atoms with E-state index >= 15 is 0 Å². The van der Waals surface area contributed by atoms with Crippen LogP contribution in [0.4, 0.5) is 0 Å². The van der Waals surface area contributed by atoms with E-state index in [9.17, 15) is 14.7 Å². The van der Waals surface area contributed by atoms with Gasteiger partial charge in [0.05, 0.1) is 5.92 Å². The van der Waals surface area contributed by atoms with Gasteiger partial charge in [0, 0.05) is 0 Å². The number of esters is 1. The number of ether oxygens (including phenoxy) is 1. The van der Waals surface area contributed by atoms with E-state index in [1.165, 1.54) is 44.9 Å². The molecule has 1 aliphatic heterocycles. The van der Waals surface area contributed by atoms with E-state index in [4.69, 9.17) is 4.74 Å². The summed E-state index contributed by atoms with van der Waals surface area (Å²) < 4.78 is 5.20. The van der Waals surface area contributed by atoms with E-state index in [1.807, 2.05) is 0 Å². The highest BCUT2D eigenvalue weighted by Gasteiger charge is 2.45. The van der Waals surface area contributed by atoms with Gasteiger partial charge in [-0.2, -0.15) is 0 Å². The first kappa shape index (κ1) is 18.0. The second-order valence-electron chi connectivity index (χ2n) is 6.25. The molecule has 4 nitrogen and oxygen atoms in total. The molecule has 1 N–H and O–H groups in total. The molecule has 0 bridgehead atoms. The van der Waals surface area contributed by atoms with Crippen molar-refractivity contribution in [3.63, 3.8) is 0 Å². The molecular formula is C17H30O4. The Hall–Kier alpha value is -1.06. The monoisotopic (exact) mass is 298 g/mol. The van der Waals surface area contributed by atoms with Crippen molar-refractivity contribution in [3.05, 3.63) is 0 Å². The van der Waals surface area contributed by atoms with Crippen LogP contribution < -0.4 is 0 Å². The molecule has 0 aromatic carbocycles. The summed E-state index contributed by atoms with van der Waals surface area (Å²) in [7, 11) is 0. The number of carboxylic acid groups (broad SMARTS) is 1. The third kappa shape index (κ3) is 6.06. The molecule has 0 aliphatic carbocycles. The third-order valence-corrected chi connectivity index (χ3v) is 4.46. The molecule has 0 radical (unpaired) electrons. The molecule has 1 aliphatic rings. The number of unbranched alkanes of at least 4 members (excludes halogenated alkanes) is 8. The summed E-state index contributed by atoms with van der Waals surface area (Å²) in [5.74, 6) is -2.43. The van der Waals surface area contributed by atoms with Gasteiger partial charge in [0.2, 0.25) is 0 Å². The van der Waals surface area contributed by atoms with Crippen LogP contribution in [0.5, 0.6) is 0 Å². The van der Waals surface area contributed by atoms with Gasteiger partial charge in [0.25, 0.3) is 0 Å². The van der Waals surface area contributed by atoms with Gasteiger partial charge in [0.1, 0.15) is 12.0 Å². The lowest BCUT2D eigenvalue weighted by atomic mass is 9.89. The van der Waals surface area contributed by atoms with Crippen LogP contribution in [-0.4, -0.2) is 23.1 Å². The van der Waals surface area contributed by atoms with Crippen molar-refractivity contribution in [3.8, 4) is 0 Å². The fraction of sp³-hybridized carbons (Fsp3) is 0.882. The molecule has 3 atom stereocenters. The predicted octanol–water partition coefficient (Wildman–Crippen LogP) is 4.17. The first-order chi connectivity index (χ1) is 10.1. The maximum atomic E-state index is 11.5. The summed E-state index contributed by atoms with van der Waals surface area (Å²) in [6, 6.07) is 0. The largest absolute Gasteiger partial charge is 0.481 e. The van der Waals surface area contributed by atoms with Crippen LogP contribution in [0.2, 0.25) is 0 Å². The zero-order valence-electron chi connectivity index (χ0n) is 13.5. The van der Waals surface area contributed by atoms with Gasteiger partial charge in [-0.15, -0.1) is 0 Å². The molecule has 21 heavy (non-hydrogen) atoms. The van der Waals surface area contributed by atoms with Crippen LogP contribution in [0, 0.1) is 11.8 Å². The fourth-order valence-electron chi connectivity index (χ4n) is 3.07. The predicted molar refractivity (Wildman–Crippen MR) is 82.0 cm³/mol. The Bertz CT molecular complexity index is 327. The van der Waals surface area contributed by atoms with Crippen LogP contribution in [-0.2, 0) is 14.3 Å². The molecule has 1 saturated heterocycles. The molecule has 0 aromatic heterocycles. The number of hydrogen-bond donors (Lipinski definition) is 1. The normalized spacial score (nSPS) is 25.0. The Labute approximate surface area is 128 Å². The maximum absolute atomic E-state index is 11.5. The smallest absolute Gasteiger partial charge is 0.311 e. The number of carbonyl (C=O) groups is 2. The highest BCUT2D eigenvalue weighted by Crippen LogP contribution is 2.31.